The lowest BCUT2D eigenvalue weighted by atomic mass is 10.2. The molecule has 1 amide bonds. The van der Waals surface area contributed by atoms with Gasteiger partial charge in [0.25, 0.3) is 5.91 Å². The Morgan fingerprint density at radius 1 is 1.38 bits per heavy atom. The monoisotopic (exact) mass is 245 g/mol. The second-order valence-electron chi connectivity index (χ2n) is 3.44. The number of nitrogens with one attached hydrogen (secondary N) is 1. The van der Waals surface area contributed by atoms with Crippen LogP contribution in [0.3, 0.4) is 0 Å². The topological polar surface area (TPSA) is 62.5 Å². The van der Waals surface area contributed by atoms with Crippen LogP contribution in [0, 0.1) is 0 Å². The van der Waals surface area contributed by atoms with Crippen molar-refractivity contribution in [3.8, 4) is 0 Å². The van der Waals surface area contributed by atoms with Crippen LogP contribution in [0.1, 0.15) is 35.6 Å². The second-order valence-corrected chi connectivity index (χ2v) is 3.71. The van der Waals surface area contributed by atoms with E-state index in [9.17, 15) is 4.79 Å². The van der Waals surface area contributed by atoms with Crippen LogP contribution in [0.15, 0.2) is 16.5 Å². The minimum atomic E-state index is -0.222. The lowest BCUT2D eigenvalue weighted by Gasteiger charge is -2.02. The van der Waals surface area contributed by atoms with Gasteiger partial charge in [-0.25, -0.2) is 0 Å². The predicted molar refractivity (Wildman–Crippen MR) is 61.5 cm³/mol. The molecule has 5 heteroatoms. The second kappa shape index (κ2) is 7.30. The highest BCUT2D eigenvalue weighted by atomic mass is 35.5. The maximum absolute atomic E-state index is 11.5. The van der Waals surface area contributed by atoms with E-state index in [1.165, 1.54) is 0 Å². The SMILES string of the molecule is O=C(NCCCCCO)c1ccc(CCl)o1. The zero-order valence-corrected chi connectivity index (χ0v) is 9.79. The Kier molecular flexibility index (Phi) is 5.96. The van der Waals surface area contributed by atoms with Gasteiger partial charge < -0.3 is 14.8 Å². The smallest absolute Gasteiger partial charge is 0.286 e. The molecule has 0 fully saturated rings. The van der Waals surface area contributed by atoms with E-state index in [0.717, 1.165) is 19.3 Å². The molecule has 1 aromatic heterocycles. The predicted octanol–water partition coefficient (Wildman–Crippen LogP) is 1.91. The molecule has 4 nitrogen and oxygen atoms in total. The molecule has 16 heavy (non-hydrogen) atoms. The third-order valence-electron chi connectivity index (χ3n) is 2.14. The molecule has 0 unspecified atom stereocenters. The van der Waals surface area contributed by atoms with Gasteiger partial charge in [0, 0.05) is 13.2 Å². The Balaban J connectivity index is 2.24. The molecular weight excluding hydrogens is 230 g/mol. The number of halogens is 1. The molecule has 0 aliphatic heterocycles. The number of hydrogen-bond donors (Lipinski definition) is 2. The molecule has 90 valence electrons. The summed E-state index contributed by atoms with van der Waals surface area (Å²) in [7, 11) is 0. The van der Waals surface area contributed by atoms with E-state index in [-0.39, 0.29) is 24.2 Å². The van der Waals surface area contributed by atoms with Crippen molar-refractivity contribution >= 4 is 17.5 Å². The van der Waals surface area contributed by atoms with Crippen LogP contribution in [-0.2, 0) is 5.88 Å². The number of rotatable bonds is 7. The summed E-state index contributed by atoms with van der Waals surface area (Å²) in [4.78, 5) is 11.5. The van der Waals surface area contributed by atoms with Crippen LogP contribution in [0.2, 0.25) is 0 Å². The number of carbonyl (C=O) groups excluding carboxylic acids is 1. The zero-order chi connectivity index (χ0) is 11.8. The molecule has 2 N–H and O–H groups in total. The fourth-order valence-corrected chi connectivity index (χ4v) is 1.42. The van der Waals surface area contributed by atoms with E-state index in [0.29, 0.717) is 12.3 Å². The number of unbranched alkanes of at least 4 members (excludes halogenated alkanes) is 2. The molecule has 0 atom stereocenters. The van der Waals surface area contributed by atoms with Crippen LogP contribution in [-0.4, -0.2) is 24.2 Å². The molecule has 0 radical (unpaired) electrons. The van der Waals surface area contributed by atoms with Gasteiger partial charge in [-0.15, -0.1) is 11.6 Å². The summed E-state index contributed by atoms with van der Waals surface area (Å²) in [6, 6.07) is 3.30. The summed E-state index contributed by atoms with van der Waals surface area (Å²) in [6.07, 6.45) is 2.53. The fourth-order valence-electron chi connectivity index (χ4n) is 1.27. The average molecular weight is 246 g/mol. The summed E-state index contributed by atoms with van der Waals surface area (Å²) in [5, 5.41) is 11.3. The van der Waals surface area contributed by atoms with Crippen molar-refractivity contribution < 1.29 is 14.3 Å². The van der Waals surface area contributed by atoms with E-state index >= 15 is 0 Å². The van der Waals surface area contributed by atoms with Gasteiger partial charge in [-0.05, 0) is 31.4 Å². The van der Waals surface area contributed by atoms with E-state index in [4.69, 9.17) is 21.1 Å². The number of furan rings is 1. The fraction of sp³-hybridized carbons (Fsp3) is 0.545. The Morgan fingerprint density at radius 3 is 2.81 bits per heavy atom. The molecule has 0 spiro atoms. The van der Waals surface area contributed by atoms with Crippen molar-refractivity contribution in [2.45, 2.75) is 25.1 Å². The highest BCUT2D eigenvalue weighted by Crippen LogP contribution is 2.09. The number of aliphatic hydroxyl groups is 1. The molecule has 0 aliphatic carbocycles. The normalized spacial score (nSPS) is 10.4. The van der Waals surface area contributed by atoms with E-state index in [1.807, 2.05) is 0 Å². The Hall–Kier alpha value is -1.00. The van der Waals surface area contributed by atoms with Gasteiger partial charge in [0.2, 0.25) is 0 Å². The first-order chi connectivity index (χ1) is 7.77. The van der Waals surface area contributed by atoms with Crippen molar-refractivity contribution in [3.05, 3.63) is 23.7 Å². The van der Waals surface area contributed by atoms with Gasteiger partial charge in [0.05, 0.1) is 5.88 Å². The largest absolute Gasteiger partial charge is 0.455 e. The van der Waals surface area contributed by atoms with Gasteiger partial charge >= 0.3 is 0 Å². The maximum Gasteiger partial charge on any atom is 0.286 e. The van der Waals surface area contributed by atoms with Crippen LogP contribution in [0.4, 0.5) is 0 Å². The van der Waals surface area contributed by atoms with E-state index < -0.39 is 0 Å². The quantitative estimate of drug-likeness (QED) is 0.570. The maximum atomic E-state index is 11.5. The van der Waals surface area contributed by atoms with Crippen molar-refractivity contribution in [2.75, 3.05) is 13.2 Å². The molecule has 1 rings (SSSR count). The third-order valence-corrected chi connectivity index (χ3v) is 2.40. The molecular formula is C11H16ClNO3. The third kappa shape index (κ3) is 4.24. The van der Waals surface area contributed by atoms with Crippen LogP contribution < -0.4 is 5.32 Å². The summed E-state index contributed by atoms with van der Waals surface area (Å²) in [5.74, 6) is 0.925. The van der Waals surface area contributed by atoms with Gasteiger partial charge in [-0.2, -0.15) is 0 Å². The minimum Gasteiger partial charge on any atom is -0.455 e. The molecule has 0 aromatic carbocycles. The van der Waals surface area contributed by atoms with Gasteiger partial charge in [-0.3, -0.25) is 4.79 Å². The number of alkyl halides is 1. The summed E-state index contributed by atoms with van der Waals surface area (Å²) in [6.45, 7) is 0.793. The standard InChI is InChI=1S/C11H16ClNO3/c12-8-9-4-5-10(16-9)11(15)13-6-2-1-3-7-14/h4-5,14H,1-3,6-8H2,(H,13,15). The number of hydrogen-bond acceptors (Lipinski definition) is 3. The minimum absolute atomic E-state index is 0.200. The molecule has 1 heterocycles. The number of amides is 1. The van der Waals surface area contributed by atoms with Crippen molar-refractivity contribution in [2.24, 2.45) is 0 Å². The Morgan fingerprint density at radius 2 is 2.19 bits per heavy atom. The first-order valence-corrected chi connectivity index (χ1v) is 5.85. The molecule has 0 saturated heterocycles. The van der Waals surface area contributed by atoms with E-state index in [2.05, 4.69) is 5.32 Å². The number of carbonyl (C=O) groups is 1. The summed E-state index contributed by atoms with van der Waals surface area (Å²) in [5.41, 5.74) is 0. The molecule has 0 bridgehead atoms. The zero-order valence-electron chi connectivity index (χ0n) is 9.04. The molecule has 0 saturated carbocycles. The highest BCUT2D eigenvalue weighted by molar-refractivity contribution is 6.16. The number of aliphatic hydroxyl groups excluding tert-OH is 1. The van der Waals surface area contributed by atoms with Crippen molar-refractivity contribution in [1.29, 1.82) is 0 Å². The van der Waals surface area contributed by atoms with E-state index in [1.54, 1.807) is 12.1 Å². The molecule has 0 aliphatic rings. The molecule has 1 aromatic rings. The first-order valence-electron chi connectivity index (χ1n) is 5.31. The van der Waals surface area contributed by atoms with Crippen LogP contribution in [0.25, 0.3) is 0 Å². The lowest BCUT2D eigenvalue weighted by molar-refractivity contribution is 0.0923. The van der Waals surface area contributed by atoms with Gasteiger partial charge in [-0.1, -0.05) is 0 Å². The Bertz CT molecular complexity index is 325. The lowest BCUT2D eigenvalue weighted by Crippen LogP contribution is -2.23. The van der Waals surface area contributed by atoms with Crippen molar-refractivity contribution in [3.63, 3.8) is 0 Å². The average Bonchev–Trinajstić information content (AvgIpc) is 2.77. The van der Waals surface area contributed by atoms with Crippen LogP contribution >= 0.6 is 11.6 Å². The van der Waals surface area contributed by atoms with Crippen molar-refractivity contribution in [1.82, 2.24) is 5.32 Å². The summed E-state index contributed by atoms with van der Waals surface area (Å²) < 4.78 is 5.19. The first kappa shape index (κ1) is 13.1. The van der Waals surface area contributed by atoms with Gasteiger partial charge in [0.1, 0.15) is 5.76 Å². The highest BCUT2D eigenvalue weighted by Gasteiger charge is 2.09. The summed E-state index contributed by atoms with van der Waals surface area (Å²) >= 11 is 5.56. The Labute approximate surface area is 99.6 Å². The van der Waals surface area contributed by atoms with Crippen LogP contribution in [0.5, 0.6) is 0 Å². The van der Waals surface area contributed by atoms with Gasteiger partial charge in [0.15, 0.2) is 5.76 Å².